The zero-order chi connectivity index (χ0) is 19.1. The van der Waals surface area contributed by atoms with Crippen LogP contribution in [0.3, 0.4) is 0 Å². The van der Waals surface area contributed by atoms with Crippen LogP contribution in [0.4, 0.5) is 29.2 Å². The van der Waals surface area contributed by atoms with Crippen LogP contribution in [-0.2, 0) is 0 Å². The highest BCUT2D eigenvalue weighted by molar-refractivity contribution is 5.85. The first-order chi connectivity index (χ1) is 13.2. The number of anilines is 4. The molecule has 0 fully saturated rings. The van der Waals surface area contributed by atoms with E-state index in [0.717, 1.165) is 5.69 Å². The van der Waals surface area contributed by atoms with Crippen LogP contribution < -0.4 is 16.1 Å². The molecule has 0 spiro atoms. The zero-order valence-electron chi connectivity index (χ0n) is 14.3. The molecule has 0 aliphatic heterocycles. The number of nitrogens with zero attached hydrogens (tertiary/aromatic N) is 5. The number of para-hydroxylation sites is 2. The van der Waals surface area contributed by atoms with Gasteiger partial charge in [0.15, 0.2) is 0 Å². The fourth-order valence-electron chi connectivity index (χ4n) is 2.17. The minimum atomic E-state index is -0.467. The van der Waals surface area contributed by atoms with E-state index in [1.165, 1.54) is 12.3 Å². The third-order valence-corrected chi connectivity index (χ3v) is 3.39. The second-order valence-corrected chi connectivity index (χ2v) is 5.23. The van der Waals surface area contributed by atoms with Crippen molar-refractivity contribution in [3.63, 3.8) is 0 Å². The van der Waals surface area contributed by atoms with E-state index in [-0.39, 0.29) is 11.6 Å². The zero-order valence-corrected chi connectivity index (χ0v) is 14.3. The van der Waals surface area contributed by atoms with E-state index >= 15 is 0 Å². The molecule has 0 bridgehead atoms. The van der Waals surface area contributed by atoms with Gasteiger partial charge in [-0.05, 0) is 18.2 Å². The van der Waals surface area contributed by atoms with E-state index in [2.05, 4.69) is 36.1 Å². The molecule has 0 atom stereocenters. The molecule has 3 rings (SSSR count). The molecule has 0 saturated carbocycles. The van der Waals surface area contributed by atoms with Gasteiger partial charge in [-0.15, -0.1) is 0 Å². The SMILES string of the molecule is CNc1nc(N/N=C\c2ccccc2[N+](=O)[O-])nc(Nc2ccccc2)n1. The lowest BCUT2D eigenvalue weighted by molar-refractivity contribution is -0.385. The normalized spacial score (nSPS) is 10.6. The predicted octanol–water partition coefficient (Wildman–Crippen LogP) is 3.01. The minimum absolute atomic E-state index is 0.0407. The first-order valence-electron chi connectivity index (χ1n) is 7.94. The molecule has 1 aromatic heterocycles. The number of nitrogens with one attached hydrogen (secondary N) is 3. The summed E-state index contributed by atoms with van der Waals surface area (Å²) in [5.41, 5.74) is 3.81. The molecule has 0 saturated heterocycles. The van der Waals surface area contributed by atoms with Gasteiger partial charge in [0.05, 0.1) is 16.7 Å². The van der Waals surface area contributed by atoms with Crippen molar-refractivity contribution < 1.29 is 4.92 Å². The van der Waals surface area contributed by atoms with Crippen LogP contribution in [0.5, 0.6) is 0 Å². The molecule has 27 heavy (non-hydrogen) atoms. The highest BCUT2D eigenvalue weighted by Crippen LogP contribution is 2.17. The first-order valence-corrected chi connectivity index (χ1v) is 7.94. The Hall–Kier alpha value is -4.08. The number of hydrazone groups is 1. The van der Waals surface area contributed by atoms with E-state index in [9.17, 15) is 10.1 Å². The lowest BCUT2D eigenvalue weighted by atomic mass is 10.2. The number of aromatic nitrogens is 3. The van der Waals surface area contributed by atoms with Crippen LogP contribution in [0, 0.1) is 10.1 Å². The molecule has 10 heteroatoms. The summed E-state index contributed by atoms with van der Waals surface area (Å²) in [6.45, 7) is 0. The van der Waals surface area contributed by atoms with Crippen LogP contribution in [0.25, 0.3) is 0 Å². The standard InChI is InChI=1S/C17H16N8O2/c1-18-15-21-16(20-13-8-3-2-4-9-13)23-17(22-15)24-19-11-12-7-5-6-10-14(12)25(26)27/h2-11H,1H3,(H3,18,20,21,22,23,24)/b19-11-. The molecule has 3 aromatic rings. The van der Waals surface area contributed by atoms with E-state index in [4.69, 9.17) is 0 Å². The molecule has 0 aliphatic carbocycles. The van der Waals surface area contributed by atoms with Gasteiger partial charge in [-0.25, -0.2) is 5.43 Å². The van der Waals surface area contributed by atoms with E-state index in [0.29, 0.717) is 17.5 Å². The molecule has 1 heterocycles. The van der Waals surface area contributed by atoms with E-state index in [1.54, 1.807) is 25.2 Å². The molecule has 136 valence electrons. The fraction of sp³-hybridized carbons (Fsp3) is 0.0588. The van der Waals surface area contributed by atoms with Crippen molar-refractivity contribution >= 4 is 35.4 Å². The van der Waals surface area contributed by atoms with Crippen molar-refractivity contribution in [1.82, 2.24) is 15.0 Å². The van der Waals surface area contributed by atoms with Crippen LogP contribution in [0.1, 0.15) is 5.56 Å². The smallest absolute Gasteiger partial charge is 0.278 e. The molecular weight excluding hydrogens is 348 g/mol. The third kappa shape index (κ3) is 4.72. The number of rotatable bonds is 7. The van der Waals surface area contributed by atoms with Gasteiger partial charge in [-0.3, -0.25) is 10.1 Å². The van der Waals surface area contributed by atoms with Crippen molar-refractivity contribution in [2.45, 2.75) is 0 Å². The van der Waals surface area contributed by atoms with Crippen LogP contribution >= 0.6 is 0 Å². The number of nitro benzene ring substituents is 1. The molecule has 2 aromatic carbocycles. The number of hydrogen-bond acceptors (Lipinski definition) is 9. The molecule has 3 N–H and O–H groups in total. The Morgan fingerprint density at radius 2 is 1.63 bits per heavy atom. The molecular formula is C17H16N8O2. The Morgan fingerprint density at radius 3 is 2.37 bits per heavy atom. The van der Waals surface area contributed by atoms with Crippen molar-refractivity contribution in [1.29, 1.82) is 0 Å². The summed E-state index contributed by atoms with van der Waals surface area (Å²) >= 11 is 0. The summed E-state index contributed by atoms with van der Waals surface area (Å²) in [6.07, 6.45) is 1.34. The molecule has 10 nitrogen and oxygen atoms in total. The Balaban J connectivity index is 1.78. The Bertz CT molecular complexity index is 962. The lowest BCUT2D eigenvalue weighted by Gasteiger charge is -2.08. The Morgan fingerprint density at radius 1 is 0.963 bits per heavy atom. The summed E-state index contributed by atoms with van der Waals surface area (Å²) in [5, 5.41) is 20.9. The van der Waals surface area contributed by atoms with Gasteiger partial charge < -0.3 is 10.6 Å². The van der Waals surface area contributed by atoms with Gasteiger partial charge in [0.2, 0.25) is 17.8 Å². The second-order valence-electron chi connectivity index (χ2n) is 5.23. The molecule has 0 unspecified atom stereocenters. The average Bonchev–Trinajstić information content (AvgIpc) is 2.69. The van der Waals surface area contributed by atoms with E-state index < -0.39 is 4.92 Å². The van der Waals surface area contributed by atoms with Gasteiger partial charge in [-0.1, -0.05) is 30.3 Å². The van der Waals surface area contributed by atoms with Crippen molar-refractivity contribution in [2.24, 2.45) is 5.10 Å². The quantitative estimate of drug-likeness (QED) is 0.331. The van der Waals surface area contributed by atoms with Crippen molar-refractivity contribution in [3.05, 3.63) is 70.3 Å². The maximum Gasteiger partial charge on any atom is 0.278 e. The second kappa shape index (κ2) is 8.34. The highest BCUT2D eigenvalue weighted by Gasteiger charge is 2.10. The summed E-state index contributed by atoms with van der Waals surface area (Å²) < 4.78 is 0. The molecule has 0 aliphatic rings. The summed E-state index contributed by atoms with van der Waals surface area (Å²) in [6, 6.07) is 15.7. The van der Waals surface area contributed by atoms with Crippen LogP contribution in [0.2, 0.25) is 0 Å². The molecule has 0 radical (unpaired) electrons. The van der Waals surface area contributed by atoms with Gasteiger partial charge in [-0.2, -0.15) is 20.1 Å². The number of benzene rings is 2. The van der Waals surface area contributed by atoms with Crippen molar-refractivity contribution in [3.8, 4) is 0 Å². The summed E-state index contributed by atoms with van der Waals surface area (Å²) in [4.78, 5) is 23.2. The minimum Gasteiger partial charge on any atom is -0.357 e. The van der Waals surface area contributed by atoms with Gasteiger partial charge in [0.1, 0.15) is 0 Å². The first kappa shape index (κ1) is 17.7. The van der Waals surface area contributed by atoms with Gasteiger partial charge in [0.25, 0.3) is 5.69 Å². The average molecular weight is 364 g/mol. The summed E-state index contributed by atoms with van der Waals surface area (Å²) in [5.74, 6) is 0.846. The van der Waals surface area contributed by atoms with E-state index in [1.807, 2.05) is 30.3 Å². The monoisotopic (exact) mass is 364 g/mol. The number of nitro groups is 1. The Labute approximate surface area is 154 Å². The predicted molar refractivity (Wildman–Crippen MR) is 103 cm³/mol. The lowest BCUT2D eigenvalue weighted by Crippen LogP contribution is -2.07. The molecule has 0 amide bonds. The Kier molecular flexibility index (Phi) is 5.48. The maximum absolute atomic E-state index is 11.0. The number of hydrogen-bond donors (Lipinski definition) is 3. The topological polar surface area (TPSA) is 130 Å². The maximum atomic E-state index is 11.0. The van der Waals surface area contributed by atoms with Crippen LogP contribution in [0.15, 0.2) is 59.7 Å². The van der Waals surface area contributed by atoms with Gasteiger partial charge >= 0.3 is 0 Å². The third-order valence-electron chi connectivity index (χ3n) is 3.39. The highest BCUT2D eigenvalue weighted by atomic mass is 16.6. The van der Waals surface area contributed by atoms with Crippen LogP contribution in [-0.4, -0.2) is 33.1 Å². The van der Waals surface area contributed by atoms with Crippen molar-refractivity contribution in [2.75, 3.05) is 23.1 Å². The largest absolute Gasteiger partial charge is 0.357 e. The van der Waals surface area contributed by atoms with Gasteiger partial charge in [0, 0.05) is 18.8 Å². The summed E-state index contributed by atoms with van der Waals surface area (Å²) in [7, 11) is 1.68. The fourth-order valence-corrected chi connectivity index (χ4v) is 2.17.